The highest BCUT2D eigenvalue weighted by Crippen LogP contribution is 2.36. The Bertz CT molecular complexity index is 429. The Hall–Kier alpha value is -1.26. The van der Waals surface area contributed by atoms with Gasteiger partial charge in [-0.25, -0.2) is 0 Å². The van der Waals surface area contributed by atoms with Crippen molar-refractivity contribution in [2.24, 2.45) is 0 Å². The topological polar surface area (TPSA) is 61.7 Å². The first-order chi connectivity index (χ1) is 8.16. The van der Waals surface area contributed by atoms with Crippen LogP contribution in [0.3, 0.4) is 0 Å². The highest BCUT2D eigenvalue weighted by atomic mass is 16.5. The van der Waals surface area contributed by atoms with E-state index in [1.54, 1.807) is 12.1 Å². The minimum atomic E-state index is -0.514. The molecular weight excluding hydrogens is 218 g/mol. The van der Waals surface area contributed by atoms with Crippen molar-refractivity contribution in [2.45, 2.75) is 30.9 Å². The van der Waals surface area contributed by atoms with Crippen molar-refractivity contribution < 1.29 is 14.9 Å². The van der Waals surface area contributed by atoms with E-state index in [4.69, 9.17) is 4.74 Å². The van der Waals surface area contributed by atoms with Crippen LogP contribution in [-0.4, -0.2) is 29.0 Å². The molecule has 3 rings (SSSR count). The average molecular weight is 235 g/mol. The summed E-state index contributed by atoms with van der Waals surface area (Å²) < 4.78 is 5.50. The fourth-order valence-electron chi connectivity index (χ4n) is 2.44. The fraction of sp³-hybridized carbons (Fsp3) is 0.538. The number of phenols is 1. The Balaban J connectivity index is 1.67. The molecule has 0 radical (unpaired) electrons. The predicted octanol–water partition coefficient (Wildman–Crippen LogP) is 1.33. The minimum Gasteiger partial charge on any atom is -0.508 e. The molecule has 1 aromatic carbocycles. The smallest absolute Gasteiger partial charge is 0.127 e. The summed E-state index contributed by atoms with van der Waals surface area (Å²) in [5, 5.41) is 22.7. The highest BCUT2D eigenvalue weighted by molar-refractivity contribution is 5.44. The number of rotatable bonds is 3. The molecule has 1 atom stereocenters. The number of benzene rings is 1. The molecule has 1 saturated carbocycles. The first kappa shape index (κ1) is 10.9. The molecule has 1 aliphatic heterocycles. The molecule has 0 saturated heterocycles. The molecular formula is C13H17NO3. The number of fused-ring (bicyclic) bond motifs is 1. The number of nitrogens with one attached hydrogen (secondary N) is 1. The van der Waals surface area contributed by atoms with Gasteiger partial charge < -0.3 is 20.3 Å². The Morgan fingerprint density at radius 3 is 2.94 bits per heavy atom. The van der Waals surface area contributed by atoms with E-state index in [0.717, 1.165) is 30.6 Å². The maximum atomic E-state index is 10.0. The number of aliphatic hydroxyl groups is 1. The lowest BCUT2D eigenvalue weighted by molar-refractivity contribution is -0.0335. The predicted molar refractivity (Wildman–Crippen MR) is 63.1 cm³/mol. The maximum absolute atomic E-state index is 10.0. The molecule has 92 valence electrons. The van der Waals surface area contributed by atoms with Gasteiger partial charge in [-0.1, -0.05) is 0 Å². The summed E-state index contributed by atoms with van der Waals surface area (Å²) in [6, 6.07) is 5.30. The minimum absolute atomic E-state index is 0.121. The molecule has 0 bridgehead atoms. The van der Waals surface area contributed by atoms with E-state index in [1.165, 1.54) is 0 Å². The second-order valence-corrected chi connectivity index (χ2v) is 5.04. The number of hydrogen-bond acceptors (Lipinski definition) is 4. The molecule has 1 heterocycles. The Morgan fingerprint density at radius 1 is 1.41 bits per heavy atom. The van der Waals surface area contributed by atoms with E-state index in [9.17, 15) is 10.2 Å². The van der Waals surface area contributed by atoms with Crippen molar-refractivity contribution in [3.8, 4) is 11.5 Å². The number of aromatic hydroxyl groups is 1. The zero-order valence-electron chi connectivity index (χ0n) is 9.65. The lowest BCUT2D eigenvalue weighted by Crippen LogP contribution is -2.47. The van der Waals surface area contributed by atoms with Crippen molar-refractivity contribution in [3.05, 3.63) is 23.8 Å². The molecule has 0 aromatic heterocycles. The standard InChI is InChI=1S/C13H17NO3/c15-9-2-3-10-11(7-17-12(10)6-9)14-8-13(16)4-1-5-13/h2-3,6,11,14-16H,1,4-5,7-8H2. The summed E-state index contributed by atoms with van der Waals surface area (Å²) in [5.74, 6) is 0.963. The number of hydrogen-bond donors (Lipinski definition) is 3. The molecule has 17 heavy (non-hydrogen) atoms. The maximum Gasteiger partial charge on any atom is 0.127 e. The molecule has 1 fully saturated rings. The molecule has 1 aliphatic carbocycles. The highest BCUT2D eigenvalue weighted by Gasteiger charge is 2.35. The van der Waals surface area contributed by atoms with Crippen LogP contribution >= 0.6 is 0 Å². The summed E-state index contributed by atoms with van der Waals surface area (Å²) in [7, 11) is 0. The van der Waals surface area contributed by atoms with E-state index in [-0.39, 0.29) is 11.8 Å². The summed E-state index contributed by atoms with van der Waals surface area (Å²) in [6.45, 7) is 1.18. The third kappa shape index (κ3) is 1.98. The van der Waals surface area contributed by atoms with E-state index in [1.807, 2.05) is 6.07 Å². The monoisotopic (exact) mass is 235 g/mol. The van der Waals surface area contributed by atoms with Gasteiger partial charge in [0.15, 0.2) is 0 Å². The van der Waals surface area contributed by atoms with Gasteiger partial charge in [-0.3, -0.25) is 0 Å². The quantitative estimate of drug-likeness (QED) is 0.739. The van der Waals surface area contributed by atoms with Gasteiger partial charge in [0.25, 0.3) is 0 Å². The number of ether oxygens (including phenoxy) is 1. The van der Waals surface area contributed by atoms with Crippen LogP contribution in [0.2, 0.25) is 0 Å². The van der Waals surface area contributed by atoms with Crippen LogP contribution in [0.5, 0.6) is 11.5 Å². The SMILES string of the molecule is Oc1ccc2c(c1)OCC2NCC1(O)CCC1. The van der Waals surface area contributed by atoms with E-state index < -0.39 is 5.60 Å². The van der Waals surface area contributed by atoms with Crippen molar-refractivity contribution in [1.29, 1.82) is 0 Å². The van der Waals surface area contributed by atoms with Crippen LogP contribution in [0, 0.1) is 0 Å². The molecule has 4 heteroatoms. The molecule has 0 amide bonds. The van der Waals surface area contributed by atoms with Crippen LogP contribution in [0.1, 0.15) is 30.9 Å². The lowest BCUT2D eigenvalue weighted by Gasteiger charge is -2.37. The Morgan fingerprint density at radius 2 is 2.24 bits per heavy atom. The van der Waals surface area contributed by atoms with Crippen molar-refractivity contribution in [1.82, 2.24) is 5.32 Å². The third-order valence-electron chi connectivity index (χ3n) is 3.74. The largest absolute Gasteiger partial charge is 0.508 e. The fourth-order valence-corrected chi connectivity index (χ4v) is 2.44. The second kappa shape index (κ2) is 3.89. The van der Waals surface area contributed by atoms with Crippen molar-refractivity contribution in [2.75, 3.05) is 13.2 Å². The van der Waals surface area contributed by atoms with E-state index in [2.05, 4.69) is 5.32 Å². The van der Waals surface area contributed by atoms with Crippen LogP contribution < -0.4 is 10.1 Å². The summed E-state index contributed by atoms with van der Waals surface area (Å²) in [6.07, 6.45) is 2.88. The molecule has 1 unspecified atom stereocenters. The molecule has 4 nitrogen and oxygen atoms in total. The van der Waals surface area contributed by atoms with Gasteiger partial charge in [0.2, 0.25) is 0 Å². The Labute approximate surface area is 100 Å². The summed E-state index contributed by atoms with van der Waals surface area (Å²) >= 11 is 0. The normalized spacial score (nSPS) is 24.9. The van der Waals surface area contributed by atoms with Crippen molar-refractivity contribution >= 4 is 0 Å². The van der Waals surface area contributed by atoms with Gasteiger partial charge in [-0.15, -0.1) is 0 Å². The van der Waals surface area contributed by atoms with Crippen LogP contribution in [0.4, 0.5) is 0 Å². The molecule has 1 aromatic rings. The van der Waals surface area contributed by atoms with E-state index >= 15 is 0 Å². The van der Waals surface area contributed by atoms with Gasteiger partial charge >= 0.3 is 0 Å². The van der Waals surface area contributed by atoms with Crippen LogP contribution in [-0.2, 0) is 0 Å². The molecule has 2 aliphatic rings. The Kier molecular flexibility index (Phi) is 2.49. The summed E-state index contributed by atoms with van der Waals surface area (Å²) in [4.78, 5) is 0. The summed E-state index contributed by atoms with van der Waals surface area (Å²) in [5.41, 5.74) is 0.547. The van der Waals surface area contributed by atoms with Crippen molar-refractivity contribution in [3.63, 3.8) is 0 Å². The van der Waals surface area contributed by atoms with Crippen LogP contribution in [0.15, 0.2) is 18.2 Å². The zero-order chi connectivity index (χ0) is 11.9. The van der Waals surface area contributed by atoms with E-state index in [0.29, 0.717) is 13.2 Å². The van der Waals surface area contributed by atoms with Gasteiger partial charge in [0.05, 0.1) is 11.6 Å². The second-order valence-electron chi connectivity index (χ2n) is 5.04. The first-order valence-corrected chi connectivity index (χ1v) is 6.08. The van der Waals surface area contributed by atoms with Gasteiger partial charge in [-0.2, -0.15) is 0 Å². The first-order valence-electron chi connectivity index (χ1n) is 6.08. The van der Waals surface area contributed by atoms with Gasteiger partial charge in [-0.05, 0) is 31.4 Å². The molecule has 0 spiro atoms. The van der Waals surface area contributed by atoms with Gasteiger partial charge in [0, 0.05) is 18.2 Å². The molecule has 3 N–H and O–H groups in total. The van der Waals surface area contributed by atoms with Gasteiger partial charge in [0.1, 0.15) is 18.1 Å². The lowest BCUT2D eigenvalue weighted by atomic mass is 9.80. The number of phenolic OH excluding ortho intramolecular Hbond substituents is 1. The third-order valence-corrected chi connectivity index (χ3v) is 3.74. The van der Waals surface area contributed by atoms with Crippen LogP contribution in [0.25, 0.3) is 0 Å². The zero-order valence-corrected chi connectivity index (χ0v) is 9.65. The average Bonchev–Trinajstić information content (AvgIpc) is 2.66.